The lowest BCUT2D eigenvalue weighted by molar-refractivity contribution is -0.137. The number of rotatable bonds is 3. The van der Waals surface area contributed by atoms with Gasteiger partial charge >= 0.3 is 18.2 Å². The fraction of sp³-hybridized carbons (Fsp3) is 0.368. The number of carbonyl (C=O) groups is 2. The number of nitrogen functional groups attached to an aromatic ring is 2. The van der Waals surface area contributed by atoms with E-state index in [4.69, 9.17) is 16.6 Å². The van der Waals surface area contributed by atoms with Crippen molar-refractivity contribution in [2.45, 2.75) is 44.3 Å². The van der Waals surface area contributed by atoms with E-state index in [1.165, 1.54) is 18.6 Å². The average Bonchev–Trinajstić information content (AvgIpc) is 2.68. The third-order valence-electron chi connectivity index (χ3n) is 4.43. The highest BCUT2D eigenvalue weighted by Crippen LogP contribution is 2.29. The predicted molar refractivity (Wildman–Crippen MR) is 108 cm³/mol. The summed E-state index contributed by atoms with van der Waals surface area (Å²) in [4.78, 5) is 30.0. The van der Waals surface area contributed by atoms with Crippen molar-refractivity contribution in [2.24, 2.45) is 0 Å². The minimum Gasteiger partial charge on any atom is -0.477 e. The number of nitrogens with zero attached hydrogens (tertiary/aromatic N) is 2. The molecule has 1 aliphatic rings. The fourth-order valence-corrected chi connectivity index (χ4v) is 2.90. The number of nitrogens with two attached hydrogens (primary N) is 2. The Labute approximate surface area is 176 Å². The Morgan fingerprint density at radius 1 is 1.13 bits per heavy atom. The molecule has 12 heteroatoms. The molecule has 31 heavy (non-hydrogen) atoms. The van der Waals surface area contributed by atoms with Gasteiger partial charge < -0.3 is 21.9 Å². The summed E-state index contributed by atoms with van der Waals surface area (Å²) in [7, 11) is 0. The molecule has 2 amide bonds. The van der Waals surface area contributed by atoms with E-state index in [1.807, 2.05) is 0 Å². The molecule has 0 spiro atoms. The maximum absolute atomic E-state index is 11.9. The van der Waals surface area contributed by atoms with Gasteiger partial charge in [-0.15, -0.1) is 0 Å². The number of nitrogens with one attached hydrogen (secondary N) is 2. The van der Waals surface area contributed by atoms with Crippen molar-refractivity contribution in [2.75, 3.05) is 16.8 Å². The molecule has 1 aliphatic carbocycles. The number of urea groups is 1. The smallest absolute Gasteiger partial charge is 0.416 e. The van der Waals surface area contributed by atoms with Crippen LogP contribution in [0.1, 0.15) is 48.0 Å². The van der Waals surface area contributed by atoms with Crippen molar-refractivity contribution < 1.29 is 27.9 Å². The lowest BCUT2D eigenvalue weighted by atomic mass is 9.96. The zero-order valence-electron chi connectivity index (χ0n) is 16.4. The van der Waals surface area contributed by atoms with Crippen molar-refractivity contribution in [3.8, 4) is 0 Å². The molecule has 1 fully saturated rings. The number of carboxylic acid groups (broad SMARTS) is 1. The van der Waals surface area contributed by atoms with E-state index in [2.05, 4.69) is 20.6 Å². The Balaban J connectivity index is 0.000000262. The summed E-state index contributed by atoms with van der Waals surface area (Å²) < 4.78 is 35.7. The van der Waals surface area contributed by atoms with Crippen LogP contribution in [0.25, 0.3) is 0 Å². The van der Waals surface area contributed by atoms with Crippen molar-refractivity contribution in [1.82, 2.24) is 15.3 Å². The molecule has 0 saturated heterocycles. The second kappa shape index (κ2) is 10.5. The fourth-order valence-electron chi connectivity index (χ4n) is 2.90. The van der Waals surface area contributed by atoms with Crippen LogP contribution in [-0.4, -0.2) is 33.1 Å². The molecule has 0 aliphatic heterocycles. The van der Waals surface area contributed by atoms with Crippen LogP contribution in [0, 0.1) is 0 Å². The Bertz CT molecular complexity index is 917. The Morgan fingerprint density at radius 2 is 1.81 bits per heavy atom. The first-order valence-electron chi connectivity index (χ1n) is 9.42. The number of benzene rings is 1. The zero-order chi connectivity index (χ0) is 23.0. The lowest BCUT2D eigenvalue weighted by Gasteiger charge is -2.22. The Kier molecular flexibility index (Phi) is 8.00. The maximum Gasteiger partial charge on any atom is 0.416 e. The molecule has 0 bridgehead atoms. The monoisotopic (exact) mass is 440 g/mol. The van der Waals surface area contributed by atoms with E-state index in [0.29, 0.717) is 0 Å². The summed E-state index contributed by atoms with van der Waals surface area (Å²) in [5, 5.41) is 14.1. The molecular weight excluding hydrogens is 417 g/mol. The minimum absolute atomic E-state index is 0.0131. The number of carboxylic acids is 1. The van der Waals surface area contributed by atoms with Gasteiger partial charge in [0.2, 0.25) is 5.95 Å². The summed E-state index contributed by atoms with van der Waals surface area (Å²) in [5.41, 5.74) is 9.86. The number of aromatic nitrogens is 2. The van der Waals surface area contributed by atoms with Crippen LogP contribution in [0.3, 0.4) is 0 Å². The van der Waals surface area contributed by atoms with Gasteiger partial charge in [0.1, 0.15) is 11.4 Å². The van der Waals surface area contributed by atoms with Crippen LogP contribution in [0.4, 0.5) is 35.4 Å². The normalized spacial score (nSPS) is 14.2. The predicted octanol–water partition coefficient (Wildman–Crippen LogP) is 3.50. The molecule has 1 heterocycles. The minimum atomic E-state index is -4.30. The van der Waals surface area contributed by atoms with Gasteiger partial charge in [0.15, 0.2) is 0 Å². The molecule has 0 unspecified atom stereocenters. The highest BCUT2D eigenvalue weighted by Gasteiger charge is 2.30. The molecule has 9 nitrogen and oxygen atoms in total. The molecule has 1 aromatic heterocycles. The maximum atomic E-state index is 11.9. The number of alkyl halides is 3. The van der Waals surface area contributed by atoms with Crippen molar-refractivity contribution in [3.63, 3.8) is 0 Å². The number of hydrogen-bond donors (Lipinski definition) is 5. The molecule has 168 valence electrons. The van der Waals surface area contributed by atoms with Gasteiger partial charge in [0, 0.05) is 17.9 Å². The topological polar surface area (TPSA) is 156 Å². The number of carbonyl (C=O) groups excluding carboxylic acids is 1. The molecule has 0 radical (unpaired) electrons. The second-order valence-electron chi connectivity index (χ2n) is 6.85. The molecule has 2 aromatic rings. The first kappa shape index (κ1) is 23.7. The summed E-state index contributed by atoms with van der Waals surface area (Å²) >= 11 is 0. The Morgan fingerprint density at radius 3 is 2.32 bits per heavy atom. The molecule has 7 N–H and O–H groups in total. The SMILES string of the molecule is Nc1cccc(C(F)(F)F)c1.Nc1nc(NC(=O)NC2CCCCC2)ncc1C(=O)O. The van der Waals surface area contributed by atoms with Gasteiger partial charge in [-0.1, -0.05) is 25.3 Å². The first-order chi connectivity index (χ1) is 14.6. The number of aromatic carboxylic acids is 1. The van der Waals surface area contributed by atoms with Crippen molar-refractivity contribution in [3.05, 3.63) is 41.6 Å². The van der Waals surface area contributed by atoms with Gasteiger partial charge in [0.05, 0.1) is 5.56 Å². The third-order valence-corrected chi connectivity index (χ3v) is 4.43. The van der Waals surface area contributed by atoms with Crippen LogP contribution in [0.5, 0.6) is 0 Å². The van der Waals surface area contributed by atoms with Crippen LogP contribution < -0.4 is 22.1 Å². The third kappa shape index (κ3) is 7.64. The summed E-state index contributed by atoms with van der Waals surface area (Å²) in [6, 6.07) is 4.34. The van der Waals surface area contributed by atoms with E-state index < -0.39 is 23.7 Å². The molecule has 1 saturated carbocycles. The summed E-state index contributed by atoms with van der Waals surface area (Å²) in [5.74, 6) is -1.40. The number of hydrogen-bond acceptors (Lipinski definition) is 6. The van der Waals surface area contributed by atoms with Gasteiger partial charge in [-0.05, 0) is 31.0 Å². The molecular formula is C19H23F3N6O3. The quantitative estimate of drug-likeness (QED) is 0.457. The number of amides is 2. The molecule has 3 rings (SSSR count). The molecule has 1 aromatic carbocycles. The first-order valence-corrected chi connectivity index (χ1v) is 9.42. The van der Waals surface area contributed by atoms with Gasteiger partial charge in [-0.3, -0.25) is 5.32 Å². The van der Waals surface area contributed by atoms with E-state index >= 15 is 0 Å². The highest BCUT2D eigenvalue weighted by molar-refractivity contribution is 5.93. The number of anilines is 3. The van der Waals surface area contributed by atoms with Gasteiger partial charge in [-0.25, -0.2) is 14.6 Å². The van der Waals surface area contributed by atoms with Gasteiger partial charge in [-0.2, -0.15) is 18.2 Å². The molecule has 0 atom stereocenters. The zero-order valence-corrected chi connectivity index (χ0v) is 16.4. The van der Waals surface area contributed by atoms with E-state index in [0.717, 1.165) is 44.0 Å². The van der Waals surface area contributed by atoms with Crippen LogP contribution in [0.2, 0.25) is 0 Å². The number of halogens is 3. The van der Waals surface area contributed by atoms with Crippen LogP contribution >= 0.6 is 0 Å². The van der Waals surface area contributed by atoms with Crippen LogP contribution in [-0.2, 0) is 6.18 Å². The largest absolute Gasteiger partial charge is 0.477 e. The summed E-state index contributed by atoms with van der Waals surface area (Å²) in [6.45, 7) is 0. The van der Waals surface area contributed by atoms with E-state index in [9.17, 15) is 22.8 Å². The van der Waals surface area contributed by atoms with Crippen LogP contribution in [0.15, 0.2) is 30.5 Å². The average molecular weight is 440 g/mol. The van der Waals surface area contributed by atoms with E-state index in [1.54, 1.807) is 0 Å². The summed E-state index contributed by atoms with van der Waals surface area (Å²) in [6.07, 6.45) is 2.14. The van der Waals surface area contributed by atoms with Gasteiger partial charge in [0.25, 0.3) is 0 Å². The van der Waals surface area contributed by atoms with Crippen molar-refractivity contribution in [1.29, 1.82) is 0 Å². The lowest BCUT2D eigenvalue weighted by Crippen LogP contribution is -2.39. The van der Waals surface area contributed by atoms with Crippen molar-refractivity contribution >= 4 is 29.5 Å². The Hall–Kier alpha value is -3.57. The second-order valence-corrected chi connectivity index (χ2v) is 6.85. The standard InChI is InChI=1S/C12H17N5O3.C7H6F3N/c13-9-8(10(18)19)6-14-11(16-9)17-12(20)15-7-4-2-1-3-5-7;8-7(9,10)5-2-1-3-6(11)4-5/h6-7H,1-5H2,(H,18,19)(H4,13,14,15,16,17,20);1-4H,11H2. The van der Waals surface area contributed by atoms with E-state index in [-0.39, 0.29) is 29.1 Å². The highest BCUT2D eigenvalue weighted by atomic mass is 19.4.